The summed E-state index contributed by atoms with van der Waals surface area (Å²) in [6.07, 6.45) is -1.70. The molecule has 0 radical (unpaired) electrons. The van der Waals surface area contributed by atoms with Crippen molar-refractivity contribution in [2.75, 3.05) is 61.4 Å². The van der Waals surface area contributed by atoms with Gasteiger partial charge in [-0.2, -0.15) is 28.1 Å². The average Bonchev–Trinajstić information content (AvgIpc) is 3.08. The number of aryl methyl sites for hydroxylation is 1. The number of halogens is 4. The minimum atomic E-state index is -4.70. The quantitative estimate of drug-likeness (QED) is 0.123. The normalized spacial score (nSPS) is 13.8. The van der Waals surface area contributed by atoms with Crippen LogP contribution in [0.3, 0.4) is 0 Å². The first kappa shape index (κ1) is 34.5. The predicted octanol–water partition coefficient (Wildman–Crippen LogP) is 6.41. The van der Waals surface area contributed by atoms with Crippen LogP contribution in [0.2, 0.25) is 5.02 Å². The molecule has 1 fully saturated rings. The Bertz CT molecular complexity index is 1680. The molecule has 1 aliphatic rings. The molecule has 0 saturated carbocycles. The molecule has 5 rings (SSSR count). The molecule has 3 aromatic carbocycles. The van der Waals surface area contributed by atoms with Crippen LogP contribution in [0.15, 0.2) is 90.6 Å². The molecule has 1 aromatic heterocycles. The Morgan fingerprint density at radius 2 is 1.56 bits per heavy atom. The molecule has 0 bridgehead atoms. The third-order valence-electron chi connectivity index (χ3n) is 7.98. The number of phenols is 1. The van der Waals surface area contributed by atoms with E-state index in [0.717, 1.165) is 24.0 Å². The van der Waals surface area contributed by atoms with Crippen LogP contribution in [0, 0.1) is 0 Å². The number of carbonyl (C=O) groups excluding carboxylic acids is 1. The number of ketones is 1. The maximum Gasteiger partial charge on any atom is 0.431 e. The summed E-state index contributed by atoms with van der Waals surface area (Å²) in [5.74, 6) is 0.641. The first-order chi connectivity index (χ1) is 23.0. The largest absolute Gasteiger partial charge is 0.508 e. The second-order valence-corrected chi connectivity index (χ2v) is 11.9. The summed E-state index contributed by atoms with van der Waals surface area (Å²) in [5, 5.41) is 13.5. The van der Waals surface area contributed by atoms with Crippen molar-refractivity contribution in [2.24, 2.45) is 0 Å². The fraction of sp³-hybridized carbons (Fsp3) is 0.314. The lowest BCUT2D eigenvalue weighted by Crippen LogP contribution is -2.49. The van der Waals surface area contributed by atoms with E-state index in [1.807, 2.05) is 53.2 Å². The smallest absolute Gasteiger partial charge is 0.431 e. The van der Waals surface area contributed by atoms with Crippen LogP contribution in [0.1, 0.15) is 27.9 Å². The molecule has 9 nitrogen and oxygen atoms in total. The van der Waals surface area contributed by atoms with E-state index in [-0.39, 0.29) is 37.5 Å². The number of allylic oxidation sites excluding steroid dienone is 2. The molecule has 13 heteroatoms. The molecule has 2 N–H and O–H groups in total. The van der Waals surface area contributed by atoms with Crippen molar-refractivity contribution in [1.82, 2.24) is 19.9 Å². The lowest BCUT2D eigenvalue weighted by Gasteiger charge is -2.37. The maximum absolute atomic E-state index is 14.1. The zero-order chi connectivity index (χ0) is 34.1. The molecule has 0 atom stereocenters. The lowest BCUT2D eigenvalue weighted by molar-refractivity contribution is -0.112. The van der Waals surface area contributed by atoms with Gasteiger partial charge in [0, 0.05) is 63.0 Å². The molecular weight excluding hydrogens is 643 g/mol. The number of alkyl halides is 3. The summed E-state index contributed by atoms with van der Waals surface area (Å²) in [7, 11) is 1.89. The Labute approximate surface area is 282 Å². The van der Waals surface area contributed by atoms with Gasteiger partial charge in [-0.15, -0.1) is 0 Å². The zero-order valence-corrected chi connectivity index (χ0v) is 27.3. The van der Waals surface area contributed by atoms with Gasteiger partial charge < -0.3 is 25.1 Å². The van der Waals surface area contributed by atoms with E-state index < -0.39 is 17.7 Å². The summed E-state index contributed by atoms with van der Waals surface area (Å²) in [5.41, 5.74) is 1.41. The van der Waals surface area contributed by atoms with Gasteiger partial charge in [0.1, 0.15) is 11.4 Å². The highest BCUT2D eigenvalue weighted by Crippen LogP contribution is 2.30. The van der Waals surface area contributed by atoms with Crippen molar-refractivity contribution in [1.29, 1.82) is 0 Å². The van der Waals surface area contributed by atoms with Crippen LogP contribution in [0.4, 0.5) is 31.0 Å². The van der Waals surface area contributed by atoms with E-state index in [1.54, 1.807) is 30.3 Å². The highest BCUT2D eigenvalue weighted by Gasteiger charge is 2.39. The van der Waals surface area contributed by atoms with Gasteiger partial charge in [0.05, 0.1) is 0 Å². The van der Waals surface area contributed by atoms with E-state index in [0.29, 0.717) is 48.5 Å². The fourth-order valence-electron chi connectivity index (χ4n) is 5.31. The molecule has 2 heterocycles. The highest BCUT2D eigenvalue weighted by atomic mass is 35.5. The standard InChI is InChI=1S/C35H37ClF3N7O2/c1-44(19-5-6-25-9-13-28(36)14-10-25)33-41-32(40-18-17-26-11-15-29(47)16-12-26)42-34(43-33)46-22-20-45(21-23-46)31(35(37,38)39)24-30(48)27-7-3-2-4-8-27/h2-4,7-16,24,47H,5-6,17-23H2,1H3,(H,40,41,42,43)/b31-24-. The minimum absolute atomic E-state index is 0.0228. The van der Waals surface area contributed by atoms with Crippen molar-refractivity contribution >= 4 is 35.2 Å². The van der Waals surface area contributed by atoms with E-state index in [1.165, 1.54) is 17.0 Å². The summed E-state index contributed by atoms with van der Waals surface area (Å²) < 4.78 is 42.4. The maximum atomic E-state index is 14.1. The number of nitrogens with one attached hydrogen (secondary N) is 1. The Hall–Kier alpha value is -4.84. The Balaban J connectivity index is 1.29. The number of phenolic OH excluding ortho intramolecular Hbond substituents is 1. The summed E-state index contributed by atoms with van der Waals surface area (Å²) >= 11 is 6.01. The number of hydrogen-bond acceptors (Lipinski definition) is 9. The van der Waals surface area contributed by atoms with Crippen LogP contribution in [-0.2, 0) is 12.8 Å². The summed E-state index contributed by atoms with van der Waals surface area (Å²) in [6.45, 7) is 1.64. The van der Waals surface area contributed by atoms with Gasteiger partial charge in [0.2, 0.25) is 17.8 Å². The van der Waals surface area contributed by atoms with Gasteiger partial charge >= 0.3 is 6.18 Å². The number of aromatic nitrogens is 3. The first-order valence-electron chi connectivity index (χ1n) is 15.7. The van der Waals surface area contributed by atoms with E-state index in [9.17, 15) is 23.1 Å². The number of nitrogens with zero attached hydrogens (tertiary/aromatic N) is 6. The number of piperazine rings is 1. The Kier molecular flexibility index (Phi) is 11.4. The molecule has 1 aliphatic heterocycles. The molecule has 4 aromatic rings. The van der Waals surface area contributed by atoms with Crippen molar-refractivity contribution < 1.29 is 23.1 Å². The van der Waals surface area contributed by atoms with Crippen molar-refractivity contribution in [3.63, 3.8) is 0 Å². The van der Waals surface area contributed by atoms with Gasteiger partial charge in [-0.05, 0) is 54.7 Å². The molecule has 0 amide bonds. The predicted molar refractivity (Wildman–Crippen MR) is 182 cm³/mol. The van der Waals surface area contributed by atoms with Crippen molar-refractivity contribution in [3.05, 3.63) is 112 Å². The number of aromatic hydroxyl groups is 1. The number of benzene rings is 3. The van der Waals surface area contributed by atoms with Crippen LogP contribution in [-0.4, -0.2) is 83.2 Å². The molecule has 0 aliphatic carbocycles. The van der Waals surface area contributed by atoms with Crippen molar-refractivity contribution in [3.8, 4) is 5.75 Å². The van der Waals surface area contributed by atoms with Crippen LogP contribution < -0.4 is 15.1 Å². The van der Waals surface area contributed by atoms with E-state index >= 15 is 0 Å². The van der Waals surface area contributed by atoms with Crippen LogP contribution in [0.5, 0.6) is 5.75 Å². The van der Waals surface area contributed by atoms with Gasteiger partial charge in [0.15, 0.2) is 5.78 Å². The second-order valence-electron chi connectivity index (χ2n) is 11.5. The number of hydrogen-bond donors (Lipinski definition) is 2. The SMILES string of the molecule is CN(CCCc1ccc(Cl)cc1)c1nc(NCCc2ccc(O)cc2)nc(N2CCN(/C(=C\C(=O)c3ccccc3)C(F)(F)F)CC2)n1. The summed E-state index contributed by atoms with van der Waals surface area (Å²) in [4.78, 5) is 31.6. The van der Waals surface area contributed by atoms with Gasteiger partial charge in [-0.3, -0.25) is 4.79 Å². The minimum Gasteiger partial charge on any atom is -0.508 e. The third kappa shape index (κ3) is 9.60. The van der Waals surface area contributed by atoms with E-state index in [2.05, 4.69) is 15.3 Å². The summed E-state index contributed by atoms with van der Waals surface area (Å²) in [6, 6.07) is 22.6. The second kappa shape index (κ2) is 15.8. The Morgan fingerprint density at radius 3 is 2.23 bits per heavy atom. The number of carbonyl (C=O) groups is 1. The molecule has 0 spiro atoms. The van der Waals surface area contributed by atoms with Crippen LogP contribution in [0.25, 0.3) is 0 Å². The van der Waals surface area contributed by atoms with Gasteiger partial charge in [-0.25, -0.2) is 0 Å². The van der Waals surface area contributed by atoms with E-state index in [4.69, 9.17) is 16.6 Å². The number of anilines is 3. The number of rotatable bonds is 13. The Morgan fingerprint density at radius 1 is 0.917 bits per heavy atom. The molecule has 0 unspecified atom stereocenters. The fourth-order valence-corrected chi connectivity index (χ4v) is 5.43. The molecule has 252 valence electrons. The third-order valence-corrected chi connectivity index (χ3v) is 8.23. The molecule has 1 saturated heterocycles. The van der Waals surface area contributed by atoms with Gasteiger partial charge in [0.25, 0.3) is 0 Å². The zero-order valence-electron chi connectivity index (χ0n) is 26.5. The first-order valence-corrected chi connectivity index (χ1v) is 16.0. The molecular formula is C35H37ClF3N7O2. The highest BCUT2D eigenvalue weighted by molar-refractivity contribution is 6.30. The lowest BCUT2D eigenvalue weighted by atomic mass is 10.1. The van der Waals surface area contributed by atoms with Crippen LogP contribution >= 0.6 is 11.6 Å². The average molecular weight is 680 g/mol. The molecule has 48 heavy (non-hydrogen) atoms. The monoisotopic (exact) mass is 679 g/mol. The van der Waals surface area contributed by atoms with Gasteiger partial charge in [-0.1, -0.05) is 66.2 Å². The van der Waals surface area contributed by atoms with Crippen molar-refractivity contribution in [2.45, 2.75) is 25.4 Å². The topological polar surface area (TPSA) is 97.7 Å².